The fraction of sp³-hybridized carbons (Fsp3) is 0.261. The van der Waals surface area contributed by atoms with Crippen LogP contribution < -0.4 is 5.32 Å². The van der Waals surface area contributed by atoms with Crippen LogP contribution in [0.15, 0.2) is 70.9 Å². The number of phenols is 1. The van der Waals surface area contributed by atoms with Crippen LogP contribution in [-0.2, 0) is 4.74 Å². The predicted molar refractivity (Wildman–Crippen MR) is 113 cm³/mol. The first kappa shape index (κ1) is 18.9. The number of rotatable bonds is 4. The van der Waals surface area contributed by atoms with Gasteiger partial charge in [-0.1, -0.05) is 48.9 Å². The van der Waals surface area contributed by atoms with Gasteiger partial charge in [0.05, 0.1) is 11.4 Å². The van der Waals surface area contributed by atoms with E-state index >= 15 is 0 Å². The van der Waals surface area contributed by atoms with E-state index in [0.29, 0.717) is 16.8 Å². The molecule has 0 bridgehead atoms. The number of carbonyl (C=O) groups is 1. The number of hydrogen-bond acceptors (Lipinski definition) is 5. The third-order valence-electron chi connectivity index (χ3n) is 5.08. The summed E-state index contributed by atoms with van der Waals surface area (Å²) in [4.78, 5) is 12.5. The summed E-state index contributed by atoms with van der Waals surface area (Å²) in [6, 6.07) is 18.4. The molecule has 6 heteroatoms. The minimum absolute atomic E-state index is 0.0317. The van der Waals surface area contributed by atoms with E-state index < -0.39 is 6.09 Å². The van der Waals surface area contributed by atoms with Crippen LogP contribution in [0.4, 0.5) is 21.9 Å². The summed E-state index contributed by atoms with van der Waals surface area (Å²) in [5.41, 5.74) is 1.21. The van der Waals surface area contributed by atoms with Crippen molar-refractivity contribution in [3.05, 3.63) is 60.7 Å². The highest BCUT2D eigenvalue weighted by Gasteiger charge is 2.20. The number of fused-ring (bicyclic) bond motifs is 1. The Kier molecular flexibility index (Phi) is 5.70. The number of anilines is 1. The van der Waals surface area contributed by atoms with Gasteiger partial charge in [-0.05, 0) is 49.3 Å². The molecule has 1 aliphatic carbocycles. The monoisotopic (exact) mass is 389 g/mol. The number of aromatic hydroxyl groups is 1. The van der Waals surface area contributed by atoms with Crippen LogP contribution in [-0.4, -0.2) is 17.3 Å². The molecule has 0 radical (unpaired) electrons. The van der Waals surface area contributed by atoms with Crippen molar-refractivity contribution in [2.75, 3.05) is 5.32 Å². The Balaban J connectivity index is 1.65. The summed E-state index contributed by atoms with van der Waals surface area (Å²) in [5.74, 6) is -0.0317. The first-order chi connectivity index (χ1) is 14.2. The lowest BCUT2D eigenvalue weighted by Crippen LogP contribution is -2.24. The molecule has 6 nitrogen and oxygen atoms in total. The summed E-state index contributed by atoms with van der Waals surface area (Å²) in [6.07, 6.45) is 4.50. The van der Waals surface area contributed by atoms with Gasteiger partial charge in [0.15, 0.2) is 11.4 Å². The topological polar surface area (TPSA) is 83.3 Å². The van der Waals surface area contributed by atoms with Crippen LogP contribution in [0.5, 0.6) is 5.75 Å². The van der Waals surface area contributed by atoms with Crippen LogP contribution in [0.3, 0.4) is 0 Å². The van der Waals surface area contributed by atoms with Crippen molar-refractivity contribution < 1.29 is 14.6 Å². The van der Waals surface area contributed by atoms with Gasteiger partial charge < -0.3 is 9.84 Å². The van der Waals surface area contributed by atoms with E-state index in [-0.39, 0.29) is 17.5 Å². The van der Waals surface area contributed by atoms with Gasteiger partial charge >= 0.3 is 6.09 Å². The van der Waals surface area contributed by atoms with Crippen LogP contribution >= 0.6 is 0 Å². The molecule has 1 aliphatic rings. The highest BCUT2D eigenvalue weighted by atomic mass is 16.6. The lowest BCUT2D eigenvalue weighted by Gasteiger charge is -2.22. The highest BCUT2D eigenvalue weighted by molar-refractivity contribution is 6.01. The van der Waals surface area contributed by atoms with Crippen LogP contribution in [0.25, 0.3) is 10.8 Å². The number of nitrogens with zero attached hydrogens (tertiary/aromatic N) is 2. The Morgan fingerprint density at radius 3 is 2.48 bits per heavy atom. The van der Waals surface area contributed by atoms with Crippen molar-refractivity contribution in [2.24, 2.45) is 10.2 Å². The fourth-order valence-corrected chi connectivity index (χ4v) is 3.59. The van der Waals surface area contributed by atoms with Crippen LogP contribution in [0.1, 0.15) is 32.1 Å². The Morgan fingerprint density at radius 2 is 1.69 bits per heavy atom. The molecule has 29 heavy (non-hydrogen) atoms. The lowest BCUT2D eigenvalue weighted by atomic mass is 9.98. The Bertz CT molecular complexity index is 1030. The summed E-state index contributed by atoms with van der Waals surface area (Å²) in [5, 5.41) is 23.4. The van der Waals surface area contributed by atoms with E-state index in [1.54, 1.807) is 12.1 Å². The van der Waals surface area contributed by atoms with Crippen LogP contribution in [0.2, 0.25) is 0 Å². The number of carbonyl (C=O) groups excluding carboxylic acids is 1. The maximum atomic E-state index is 12.5. The molecule has 2 N–H and O–H groups in total. The van der Waals surface area contributed by atoms with Gasteiger partial charge in [0.2, 0.25) is 0 Å². The molecule has 1 saturated carbocycles. The van der Waals surface area contributed by atoms with E-state index in [1.807, 2.05) is 48.5 Å². The molecular formula is C23H23N3O3. The number of phenolic OH excluding ortho intramolecular Hbond substituents is 1. The van der Waals surface area contributed by atoms with E-state index in [0.717, 1.165) is 31.1 Å². The van der Waals surface area contributed by atoms with Crippen molar-refractivity contribution in [1.82, 2.24) is 0 Å². The number of ether oxygens (including phenoxy) is 1. The number of hydrogen-bond donors (Lipinski definition) is 2. The second-order valence-electron chi connectivity index (χ2n) is 7.17. The highest BCUT2D eigenvalue weighted by Crippen LogP contribution is 2.42. The SMILES string of the molecule is O=C(Nc1cc2ccccc2c(O)c1N=Nc1ccccc1)OC1CCCCC1. The molecule has 148 valence electrons. The van der Waals surface area contributed by atoms with E-state index in [1.165, 1.54) is 6.42 Å². The van der Waals surface area contributed by atoms with Gasteiger partial charge in [0.25, 0.3) is 0 Å². The van der Waals surface area contributed by atoms with Crippen molar-refractivity contribution in [3.8, 4) is 5.75 Å². The zero-order valence-corrected chi connectivity index (χ0v) is 16.0. The molecule has 0 heterocycles. The second kappa shape index (κ2) is 8.73. The average Bonchev–Trinajstić information content (AvgIpc) is 2.75. The van der Waals surface area contributed by atoms with Gasteiger partial charge in [0, 0.05) is 5.39 Å². The van der Waals surface area contributed by atoms with Crippen molar-refractivity contribution >= 4 is 33.9 Å². The maximum Gasteiger partial charge on any atom is 0.411 e. The van der Waals surface area contributed by atoms with Gasteiger partial charge in [-0.3, -0.25) is 5.32 Å². The molecule has 0 saturated heterocycles. The summed E-state index contributed by atoms with van der Waals surface area (Å²) < 4.78 is 5.56. The lowest BCUT2D eigenvalue weighted by molar-refractivity contribution is 0.0865. The van der Waals surface area contributed by atoms with Crippen molar-refractivity contribution in [2.45, 2.75) is 38.2 Å². The molecule has 1 amide bonds. The minimum atomic E-state index is -0.539. The number of amides is 1. The summed E-state index contributed by atoms with van der Waals surface area (Å²) >= 11 is 0. The molecule has 1 fully saturated rings. The molecule has 4 rings (SSSR count). The molecule has 3 aromatic carbocycles. The standard InChI is InChI=1S/C23H23N3O3/c27-22-19-14-8-7-9-16(19)15-20(21(22)26-25-17-10-3-1-4-11-17)24-23(28)29-18-12-5-2-6-13-18/h1,3-4,7-11,14-15,18,27H,2,5-6,12-13H2,(H,24,28). The first-order valence-electron chi connectivity index (χ1n) is 9.90. The van der Waals surface area contributed by atoms with Crippen molar-refractivity contribution in [3.63, 3.8) is 0 Å². The molecule has 0 unspecified atom stereocenters. The normalized spacial score (nSPS) is 14.9. The largest absolute Gasteiger partial charge is 0.505 e. The van der Waals surface area contributed by atoms with Crippen molar-refractivity contribution in [1.29, 1.82) is 0 Å². The summed E-state index contributed by atoms with van der Waals surface area (Å²) in [7, 11) is 0. The third kappa shape index (κ3) is 4.54. The van der Waals surface area contributed by atoms with E-state index in [9.17, 15) is 9.90 Å². The van der Waals surface area contributed by atoms with E-state index in [2.05, 4.69) is 15.5 Å². The molecule has 0 aromatic heterocycles. The molecule has 0 spiro atoms. The zero-order valence-electron chi connectivity index (χ0n) is 16.0. The zero-order chi connectivity index (χ0) is 20.1. The Labute approximate surface area is 169 Å². The first-order valence-corrected chi connectivity index (χ1v) is 9.90. The number of nitrogens with one attached hydrogen (secondary N) is 1. The fourth-order valence-electron chi connectivity index (χ4n) is 3.59. The minimum Gasteiger partial charge on any atom is -0.505 e. The molecule has 0 atom stereocenters. The molecular weight excluding hydrogens is 366 g/mol. The maximum absolute atomic E-state index is 12.5. The number of azo groups is 1. The quantitative estimate of drug-likeness (QED) is 0.479. The Hall–Kier alpha value is -3.41. The van der Waals surface area contributed by atoms with Gasteiger partial charge in [0.1, 0.15) is 6.10 Å². The smallest absolute Gasteiger partial charge is 0.411 e. The second-order valence-corrected chi connectivity index (χ2v) is 7.17. The Morgan fingerprint density at radius 1 is 0.966 bits per heavy atom. The predicted octanol–water partition coefficient (Wildman–Crippen LogP) is 6.84. The van der Waals surface area contributed by atoms with Gasteiger partial charge in [-0.15, -0.1) is 5.11 Å². The van der Waals surface area contributed by atoms with Gasteiger partial charge in [-0.25, -0.2) is 4.79 Å². The third-order valence-corrected chi connectivity index (χ3v) is 5.08. The van der Waals surface area contributed by atoms with E-state index in [4.69, 9.17) is 4.74 Å². The molecule has 0 aliphatic heterocycles. The van der Waals surface area contributed by atoms with Crippen LogP contribution in [0, 0.1) is 0 Å². The van der Waals surface area contributed by atoms with Gasteiger partial charge in [-0.2, -0.15) is 5.11 Å². The number of benzene rings is 3. The summed E-state index contributed by atoms with van der Waals surface area (Å²) in [6.45, 7) is 0. The molecule has 3 aromatic rings. The average molecular weight is 389 g/mol.